The van der Waals surface area contributed by atoms with Crippen LogP contribution in [0.15, 0.2) is 54.6 Å². The molecule has 1 heterocycles. The first kappa shape index (κ1) is 17.1. The molecule has 1 aliphatic carbocycles. The van der Waals surface area contributed by atoms with E-state index in [1.807, 2.05) is 0 Å². The van der Waals surface area contributed by atoms with Crippen LogP contribution in [0.1, 0.15) is 48.0 Å². The second-order valence-corrected chi connectivity index (χ2v) is 7.41. The van der Waals surface area contributed by atoms with Crippen LogP contribution in [0.25, 0.3) is 21.9 Å². The topological polar surface area (TPSA) is 38.7 Å². The van der Waals surface area contributed by atoms with E-state index in [1.165, 1.54) is 38.6 Å². The SMILES string of the molecule is CCc1nc(CC)nc(Cc2cccc3ccc4c(c23)Cc2ccccc2-4)n1. The Hall–Kier alpha value is -3.07. The van der Waals surface area contributed by atoms with Crippen LogP contribution in [-0.4, -0.2) is 15.0 Å². The van der Waals surface area contributed by atoms with E-state index in [0.29, 0.717) is 0 Å². The molecule has 3 nitrogen and oxygen atoms in total. The number of benzene rings is 3. The van der Waals surface area contributed by atoms with Gasteiger partial charge in [0.25, 0.3) is 0 Å². The van der Waals surface area contributed by atoms with Gasteiger partial charge in [-0.25, -0.2) is 15.0 Å². The van der Waals surface area contributed by atoms with Crippen LogP contribution in [0.2, 0.25) is 0 Å². The molecule has 0 spiro atoms. The molecule has 0 amide bonds. The predicted octanol–water partition coefficient (Wildman–Crippen LogP) is 5.31. The molecule has 4 aromatic rings. The Kier molecular flexibility index (Phi) is 4.16. The minimum absolute atomic E-state index is 0.743. The molecule has 3 heteroatoms. The quantitative estimate of drug-likeness (QED) is 0.433. The van der Waals surface area contributed by atoms with Crippen molar-refractivity contribution in [3.63, 3.8) is 0 Å². The fourth-order valence-corrected chi connectivity index (χ4v) is 4.33. The summed E-state index contributed by atoms with van der Waals surface area (Å²) in [5, 5.41) is 2.66. The highest BCUT2D eigenvalue weighted by Crippen LogP contribution is 2.41. The highest BCUT2D eigenvalue weighted by molar-refractivity contribution is 5.97. The normalized spacial score (nSPS) is 12.2. The molecule has 0 aliphatic heterocycles. The summed E-state index contributed by atoms with van der Waals surface area (Å²) in [5.74, 6) is 2.66. The van der Waals surface area contributed by atoms with Crippen molar-refractivity contribution in [1.29, 1.82) is 0 Å². The van der Waals surface area contributed by atoms with E-state index < -0.39 is 0 Å². The maximum Gasteiger partial charge on any atom is 0.137 e. The lowest BCUT2D eigenvalue weighted by molar-refractivity contribution is 0.780. The summed E-state index contributed by atoms with van der Waals surface area (Å²) in [6, 6.07) is 19.9. The average molecular weight is 365 g/mol. The molecule has 0 saturated carbocycles. The molecule has 0 radical (unpaired) electrons. The van der Waals surface area contributed by atoms with Crippen molar-refractivity contribution in [2.24, 2.45) is 0 Å². The van der Waals surface area contributed by atoms with Gasteiger partial charge < -0.3 is 0 Å². The number of fused-ring (bicyclic) bond motifs is 5. The molecule has 0 saturated heterocycles. The van der Waals surface area contributed by atoms with Gasteiger partial charge in [-0.05, 0) is 45.0 Å². The van der Waals surface area contributed by atoms with Gasteiger partial charge in [-0.2, -0.15) is 0 Å². The van der Waals surface area contributed by atoms with Crippen molar-refractivity contribution in [2.45, 2.75) is 39.5 Å². The first-order valence-corrected chi connectivity index (χ1v) is 10.1. The van der Waals surface area contributed by atoms with E-state index in [2.05, 4.69) is 73.4 Å². The molecule has 3 aromatic carbocycles. The second kappa shape index (κ2) is 6.83. The van der Waals surface area contributed by atoms with Crippen molar-refractivity contribution in [3.8, 4) is 11.1 Å². The van der Waals surface area contributed by atoms with Crippen molar-refractivity contribution >= 4 is 10.8 Å². The molecular formula is C25H23N3. The molecule has 28 heavy (non-hydrogen) atoms. The summed E-state index contributed by atoms with van der Waals surface area (Å²) >= 11 is 0. The lowest BCUT2D eigenvalue weighted by atomic mass is 9.94. The smallest absolute Gasteiger partial charge is 0.137 e. The average Bonchev–Trinajstić information content (AvgIpc) is 3.12. The summed E-state index contributed by atoms with van der Waals surface area (Å²) in [6.45, 7) is 4.20. The fraction of sp³-hybridized carbons (Fsp3) is 0.240. The van der Waals surface area contributed by atoms with Gasteiger partial charge in [-0.3, -0.25) is 0 Å². The van der Waals surface area contributed by atoms with E-state index in [4.69, 9.17) is 9.97 Å². The summed E-state index contributed by atoms with van der Waals surface area (Å²) in [5.41, 5.74) is 6.90. The van der Waals surface area contributed by atoms with Crippen LogP contribution >= 0.6 is 0 Å². The zero-order valence-corrected chi connectivity index (χ0v) is 16.4. The first-order valence-electron chi connectivity index (χ1n) is 10.1. The van der Waals surface area contributed by atoms with Crippen LogP contribution in [0.3, 0.4) is 0 Å². The van der Waals surface area contributed by atoms with Crippen LogP contribution in [-0.2, 0) is 25.7 Å². The summed E-state index contributed by atoms with van der Waals surface area (Å²) in [4.78, 5) is 14.0. The first-order chi connectivity index (χ1) is 13.8. The molecule has 0 unspecified atom stereocenters. The molecular weight excluding hydrogens is 342 g/mol. The molecule has 0 atom stereocenters. The van der Waals surface area contributed by atoms with Gasteiger partial charge in [0.05, 0.1) is 0 Å². The number of nitrogens with zero attached hydrogens (tertiary/aromatic N) is 3. The van der Waals surface area contributed by atoms with Gasteiger partial charge in [-0.15, -0.1) is 0 Å². The third-order valence-electron chi connectivity index (χ3n) is 5.67. The van der Waals surface area contributed by atoms with E-state index in [-0.39, 0.29) is 0 Å². The van der Waals surface area contributed by atoms with E-state index in [0.717, 1.165) is 43.2 Å². The number of rotatable bonds is 4. The summed E-state index contributed by atoms with van der Waals surface area (Å²) in [7, 11) is 0. The van der Waals surface area contributed by atoms with Gasteiger partial charge in [0.2, 0.25) is 0 Å². The number of aromatic nitrogens is 3. The molecule has 0 fully saturated rings. The minimum Gasteiger partial charge on any atom is -0.218 e. The van der Waals surface area contributed by atoms with Crippen molar-refractivity contribution in [3.05, 3.63) is 88.8 Å². The molecule has 0 bridgehead atoms. The Bertz CT molecular complexity index is 1170. The fourth-order valence-electron chi connectivity index (χ4n) is 4.33. The Morgan fingerprint density at radius 1 is 0.714 bits per heavy atom. The Morgan fingerprint density at radius 3 is 2.25 bits per heavy atom. The number of hydrogen-bond donors (Lipinski definition) is 0. The minimum atomic E-state index is 0.743. The molecule has 0 N–H and O–H groups in total. The third-order valence-corrected chi connectivity index (χ3v) is 5.67. The standard InChI is InChI=1S/C25H23N3/c1-3-22-26-23(4-2)28-24(27-22)15-18-10-7-9-16-12-13-20-19-11-6-5-8-17(19)14-21(20)25(16)18/h5-13H,3-4,14-15H2,1-2H3. The van der Waals surface area contributed by atoms with Crippen LogP contribution in [0.4, 0.5) is 0 Å². The highest BCUT2D eigenvalue weighted by Gasteiger charge is 2.21. The zero-order chi connectivity index (χ0) is 19.1. The Labute approximate surface area is 165 Å². The molecule has 1 aliphatic rings. The third kappa shape index (κ3) is 2.78. The second-order valence-electron chi connectivity index (χ2n) is 7.41. The number of hydrogen-bond acceptors (Lipinski definition) is 3. The summed E-state index contributed by atoms with van der Waals surface area (Å²) < 4.78 is 0. The van der Waals surface area contributed by atoms with Crippen LogP contribution < -0.4 is 0 Å². The lowest BCUT2D eigenvalue weighted by Crippen LogP contribution is -2.07. The van der Waals surface area contributed by atoms with Gasteiger partial charge in [0, 0.05) is 19.3 Å². The largest absolute Gasteiger partial charge is 0.218 e. The number of aryl methyl sites for hydroxylation is 2. The van der Waals surface area contributed by atoms with E-state index in [1.54, 1.807) is 0 Å². The van der Waals surface area contributed by atoms with Crippen molar-refractivity contribution in [1.82, 2.24) is 15.0 Å². The maximum atomic E-state index is 4.71. The van der Waals surface area contributed by atoms with E-state index in [9.17, 15) is 0 Å². The van der Waals surface area contributed by atoms with Crippen molar-refractivity contribution < 1.29 is 0 Å². The highest BCUT2D eigenvalue weighted by atomic mass is 15.0. The van der Waals surface area contributed by atoms with Gasteiger partial charge in [0.15, 0.2) is 0 Å². The van der Waals surface area contributed by atoms with Gasteiger partial charge in [-0.1, -0.05) is 68.4 Å². The molecule has 5 rings (SSSR count). The molecule has 1 aromatic heterocycles. The van der Waals surface area contributed by atoms with Gasteiger partial charge in [0.1, 0.15) is 17.5 Å². The summed E-state index contributed by atoms with van der Waals surface area (Å²) in [6.07, 6.45) is 3.41. The van der Waals surface area contributed by atoms with Gasteiger partial charge >= 0.3 is 0 Å². The van der Waals surface area contributed by atoms with E-state index >= 15 is 0 Å². The van der Waals surface area contributed by atoms with Crippen LogP contribution in [0.5, 0.6) is 0 Å². The Morgan fingerprint density at radius 2 is 1.46 bits per heavy atom. The zero-order valence-electron chi connectivity index (χ0n) is 16.4. The monoisotopic (exact) mass is 365 g/mol. The molecule has 138 valence electrons. The maximum absolute atomic E-state index is 4.71. The predicted molar refractivity (Wildman–Crippen MR) is 114 cm³/mol. The lowest BCUT2D eigenvalue weighted by Gasteiger charge is -2.12. The van der Waals surface area contributed by atoms with Crippen molar-refractivity contribution in [2.75, 3.05) is 0 Å². The van der Waals surface area contributed by atoms with Crippen LogP contribution in [0, 0.1) is 0 Å². The Balaban J connectivity index is 1.66.